The summed E-state index contributed by atoms with van der Waals surface area (Å²) >= 11 is 0. The third-order valence-corrected chi connectivity index (χ3v) is 3.48. The summed E-state index contributed by atoms with van der Waals surface area (Å²) in [5, 5.41) is 8.75. The molecule has 0 saturated carbocycles. The molecule has 0 saturated heterocycles. The molecule has 0 aliphatic carbocycles. The Morgan fingerprint density at radius 1 is 0.800 bits per heavy atom. The first-order chi connectivity index (χ1) is 9.81. The number of aliphatic hydroxyl groups excluding tert-OH is 1. The summed E-state index contributed by atoms with van der Waals surface area (Å²) in [6.07, 6.45) is 22.9. The highest BCUT2D eigenvalue weighted by Gasteiger charge is 1.91. The summed E-state index contributed by atoms with van der Waals surface area (Å²) < 4.78 is 0. The Hall–Kier alpha value is -0.600. The molecular formula is C18H35NO. The maximum Gasteiger partial charge on any atom is 0.0618 e. The molecule has 0 fully saturated rings. The van der Waals surface area contributed by atoms with Crippen molar-refractivity contribution in [3.05, 3.63) is 24.3 Å². The Morgan fingerprint density at radius 3 is 1.90 bits per heavy atom. The van der Waals surface area contributed by atoms with Crippen LogP contribution in [-0.4, -0.2) is 17.8 Å². The lowest BCUT2D eigenvalue weighted by Crippen LogP contribution is -2.20. The first-order valence-electron chi connectivity index (χ1n) is 8.49. The smallest absolute Gasteiger partial charge is 0.0618 e. The van der Waals surface area contributed by atoms with Crippen molar-refractivity contribution in [3.63, 3.8) is 0 Å². The van der Waals surface area contributed by atoms with Crippen LogP contribution < -0.4 is 5.73 Å². The van der Waals surface area contributed by atoms with Gasteiger partial charge in [0, 0.05) is 6.04 Å². The molecule has 0 aliphatic rings. The van der Waals surface area contributed by atoms with Crippen LogP contribution in [0.3, 0.4) is 0 Å². The number of unbranched alkanes of at least 4 members (excludes halogenated alkanes) is 9. The summed E-state index contributed by atoms with van der Waals surface area (Å²) in [5.41, 5.74) is 5.57. The Morgan fingerprint density at radius 2 is 1.30 bits per heavy atom. The van der Waals surface area contributed by atoms with Gasteiger partial charge in [0.25, 0.3) is 0 Å². The molecule has 2 nitrogen and oxygen atoms in total. The minimum absolute atomic E-state index is 0.0394. The van der Waals surface area contributed by atoms with E-state index < -0.39 is 0 Å². The lowest BCUT2D eigenvalue weighted by molar-refractivity contribution is 0.284. The number of aliphatic hydroxyl groups is 1. The summed E-state index contributed by atoms with van der Waals surface area (Å²) in [4.78, 5) is 0. The molecule has 1 atom stereocenters. The summed E-state index contributed by atoms with van der Waals surface area (Å²) in [5.74, 6) is 0. The van der Waals surface area contributed by atoms with E-state index in [1.807, 2.05) is 6.08 Å². The number of nitrogens with two attached hydrogens (primary N) is 1. The number of allylic oxidation sites excluding steroid dienone is 3. The van der Waals surface area contributed by atoms with Gasteiger partial charge in [-0.1, -0.05) is 63.3 Å². The molecule has 0 aromatic rings. The zero-order valence-corrected chi connectivity index (χ0v) is 13.4. The van der Waals surface area contributed by atoms with Crippen molar-refractivity contribution in [1.29, 1.82) is 0 Å². The Kier molecular flexibility index (Phi) is 16.0. The summed E-state index contributed by atoms with van der Waals surface area (Å²) in [6.45, 7) is 2.30. The molecule has 0 spiro atoms. The molecule has 0 radical (unpaired) electrons. The molecular weight excluding hydrogens is 246 g/mol. The molecule has 0 aromatic carbocycles. The van der Waals surface area contributed by atoms with Crippen molar-refractivity contribution in [2.75, 3.05) is 6.61 Å². The minimum atomic E-state index is -0.188. The largest absolute Gasteiger partial charge is 0.394 e. The fourth-order valence-corrected chi connectivity index (χ4v) is 2.13. The molecule has 0 amide bonds. The van der Waals surface area contributed by atoms with Crippen LogP contribution in [0.2, 0.25) is 0 Å². The highest BCUT2D eigenvalue weighted by Crippen LogP contribution is 2.08. The van der Waals surface area contributed by atoms with Gasteiger partial charge in [0.05, 0.1) is 6.61 Å². The van der Waals surface area contributed by atoms with Crippen LogP contribution >= 0.6 is 0 Å². The second kappa shape index (κ2) is 16.5. The first-order valence-corrected chi connectivity index (χ1v) is 8.49. The monoisotopic (exact) mass is 281 g/mol. The van der Waals surface area contributed by atoms with Gasteiger partial charge in [0.15, 0.2) is 0 Å². The summed E-state index contributed by atoms with van der Waals surface area (Å²) in [6, 6.07) is -0.188. The van der Waals surface area contributed by atoms with Crippen molar-refractivity contribution in [1.82, 2.24) is 0 Å². The fourth-order valence-electron chi connectivity index (χ4n) is 2.13. The van der Waals surface area contributed by atoms with Crippen LogP contribution in [0.15, 0.2) is 24.3 Å². The van der Waals surface area contributed by atoms with Gasteiger partial charge < -0.3 is 10.8 Å². The maximum atomic E-state index is 8.75. The number of hydrogen-bond donors (Lipinski definition) is 2. The van der Waals surface area contributed by atoms with Crippen LogP contribution in [0.1, 0.15) is 77.6 Å². The molecule has 3 N–H and O–H groups in total. The van der Waals surface area contributed by atoms with E-state index in [0.717, 1.165) is 6.42 Å². The van der Waals surface area contributed by atoms with Crippen molar-refractivity contribution < 1.29 is 5.11 Å². The SMILES string of the molecule is CCCCCCCCC=CCCCCC=CC(N)CO. The second-order valence-corrected chi connectivity index (χ2v) is 5.59. The number of hydrogen-bond acceptors (Lipinski definition) is 2. The van der Waals surface area contributed by atoms with Gasteiger partial charge >= 0.3 is 0 Å². The van der Waals surface area contributed by atoms with E-state index in [0.29, 0.717) is 0 Å². The molecule has 118 valence electrons. The van der Waals surface area contributed by atoms with Gasteiger partial charge in [-0.3, -0.25) is 0 Å². The first kappa shape index (κ1) is 19.4. The van der Waals surface area contributed by atoms with E-state index in [1.54, 1.807) is 0 Å². The Balaban J connectivity index is 3.18. The molecule has 0 bridgehead atoms. The topological polar surface area (TPSA) is 46.2 Å². The van der Waals surface area contributed by atoms with Crippen molar-refractivity contribution in [3.8, 4) is 0 Å². The molecule has 0 aromatic heterocycles. The lowest BCUT2D eigenvalue weighted by atomic mass is 10.1. The second-order valence-electron chi connectivity index (χ2n) is 5.59. The van der Waals surface area contributed by atoms with E-state index in [2.05, 4.69) is 25.2 Å². The predicted molar refractivity (Wildman–Crippen MR) is 89.8 cm³/mol. The normalized spacial score (nSPS) is 13.6. The molecule has 2 heteroatoms. The van der Waals surface area contributed by atoms with Crippen LogP contribution in [0.4, 0.5) is 0 Å². The molecule has 0 heterocycles. The zero-order valence-electron chi connectivity index (χ0n) is 13.4. The maximum absolute atomic E-state index is 8.75. The fraction of sp³-hybridized carbons (Fsp3) is 0.778. The van der Waals surface area contributed by atoms with E-state index >= 15 is 0 Å². The predicted octanol–water partition coefficient (Wildman–Crippen LogP) is 4.73. The molecule has 0 aliphatic heterocycles. The summed E-state index contributed by atoms with van der Waals surface area (Å²) in [7, 11) is 0. The standard InChI is InChI=1S/C18H35NO/c1-2-3-4-5-6-7-8-9-10-11-12-13-14-15-16-18(19)17-20/h9-10,15-16,18,20H,2-8,11-14,17,19H2,1H3. The zero-order chi connectivity index (χ0) is 14.9. The van der Waals surface area contributed by atoms with Gasteiger partial charge in [-0.15, -0.1) is 0 Å². The van der Waals surface area contributed by atoms with Gasteiger partial charge in [-0.2, -0.15) is 0 Å². The highest BCUT2D eigenvalue weighted by atomic mass is 16.3. The van der Waals surface area contributed by atoms with Gasteiger partial charge in [-0.25, -0.2) is 0 Å². The van der Waals surface area contributed by atoms with Gasteiger partial charge in [0.1, 0.15) is 0 Å². The molecule has 0 rings (SSSR count). The van der Waals surface area contributed by atoms with Crippen LogP contribution in [0.25, 0.3) is 0 Å². The van der Waals surface area contributed by atoms with Crippen LogP contribution in [-0.2, 0) is 0 Å². The number of rotatable bonds is 14. The molecule has 20 heavy (non-hydrogen) atoms. The van der Waals surface area contributed by atoms with Gasteiger partial charge in [0.2, 0.25) is 0 Å². The lowest BCUT2D eigenvalue weighted by Gasteiger charge is -1.99. The minimum Gasteiger partial charge on any atom is -0.394 e. The van der Waals surface area contributed by atoms with Crippen molar-refractivity contribution in [2.24, 2.45) is 5.73 Å². The average Bonchev–Trinajstić information content (AvgIpc) is 2.47. The molecule has 1 unspecified atom stereocenters. The van der Waals surface area contributed by atoms with Crippen LogP contribution in [0, 0.1) is 0 Å². The average molecular weight is 281 g/mol. The Bertz CT molecular complexity index is 236. The van der Waals surface area contributed by atoms with Crippen LogP contribution in [0.5, 0.6) is 0 Å². The Labute approximate surface area is 126 Å². The van der Waals surface area contributed by atoms with E-state index in [1.165, 1.54) is 64.2 Å². The van der Waals surface area contributed by atoms with E-state index in [9.17, 15) is 0 Å². The third kappa shape index (κ3) is 15.5. The highest BCUT2D eigenvalue weighted by molar-refractivity contribution is 4.91. The quantitative estimate of drug-likeness (QED) is 0.357. The van der Waals surface area contributed by atoms with Gasteiger partial charge in [-0.05, 0) is 38.5 Å². The van der Waals surface area contributed by atoms with Crippen molar-refractivity contribution >= 4 is 0 Å². The van der Waals surface area contributed by atoms with Crippen molar-refractivity contribution in [2.45, 2.75) is 83.6 Å². The third-order valence-electron chi connectivity index (χ3n) is 3.48. The van der Waals surface area contributed by atoms with E-state index in [4.69, 9.17) is 10.8 Å². The van der Waals surface area contributed by atoms with E-state index in [-0.39, 0.29) is 12.6 Å².